The second-order valence-electron chi connectivity index (χ2n) is 5.85. The zero-order valence-corrected chi connectivity index (χ0v) is 12.9. The number of carbonyl (C=O) groups is 2. The first-order valence-electron chi connectivity index (χ1n) is 6.98. The number of nitrogens with one attached hydrogen (secondary N) is 1. The van der Waals surface area contributed by atoms with Gasteiger partial charge in [0, 0.05) is 18.2 Å². The van der Waals surface area contributed by atoms with Gasteiger partial charge in [-0.15, -0.1) is 0 Å². The molecule has 1 saturated heterocycles. The Labute approximate surface area is 119 Å². The quantitative estimate of drug-likeness (QED) is 0.788. The van der Waals surface area contributed by atoms with Crippen LogP contribution in [-0.4, -0.2) is 34.5 Å². The Bertz CT molecular complexity index is 327. The number of hydrogen-bond acceptors (Lipinski definition) is 3. The van der Waals surface area contributed by atoms with E-state index in [9.17, 15) is 14.7 Å². The first kappa shape index (κ1) is 16.3. The van der Waals surface area contributed by atoms with Crippen LogP contribution in [0.15, 0.2) is 0 Å². The average molecular weight is 287 g/mol. The van der Waals surface area contributed by atoms with Crippen LogP contribution >= 0.6 is 11.8 Å². The van der Waals surface area contributed by atoms with Gasteiger partial charge in [0.25, 0.3) is 0 Å². The highest BCUT2D eigenvalue weighted by molar-refractivity contribution is 7.99. The molecule has 4 nitrogen and oxygen atoms in total. The van der Waals surface area contributed by atoms with E-state index in [0.29, 0.717) is 11.8 Å². The fourth-order valence-electron chi connectivity index (χ4n) is 2.12. The third-order valence-corrected chi connectivity index (χ3v) is 5.49. The van der Waals surface area contributed by atoms with Crippen LogP contribution in [0.2, 0.25) is 0 Å². The van der Waals surface area contributed by atoms with E-state index >= 15 is 0 Å². The van der Waals surface area contributed by atoms with E-state index in [1.165, 1.54) is 18.6 Å². The molecule has 0 radical (unpaired) electrons. The minimum atomic E-state index is -0.982. The van der Waals surface area contributed by atoms with Gasteiger partial charge in [-0.25, -0.2) is 0 Å². The number of rotatable bonds is 6. The topological polar surface area (TPSA) is 66.4 Å². The molecule has 2 unspecified atom stereocenters. The maximum absolute atomic E-state index is 11.9. The van der Waals surface area contributed by atoms with Crippen LogP contribution in [0.5, 0.6) is 0 Å². The van der Waals surface area contributed by atoms with Crippen molar-refractivity contribution < 1.29 is 14.7 Å². The van der Waals surface area contributed by atoms with Crippen LogP contribution in [0.1, 0.15) is 46.5 Å². The molecule has 0 saturated carbocycles. The predicted octanol–water partition coefficient (Wildman–Crippen LogP) is 2.53. The fraction of sp³-hybridized carbons (Fsp3) is 0.857. The Morgan fingerprint density at radius 1 is 1.42 bits per heavy atom. The van der Waals surface area contributed by atoms with Crippen LogP contribution in [0, 0.1) is 11.3 Å². The Morgan fingerprint density at radius 3 is 2.58 bits per heavy atom. The van der Waals surface area contributed by atoms with E-state index in [-0.39, 0.29) is 18.2 Å². The van der Waals surface area contributed by atoms with Gasteiger partial charge >= 0.3 is 5.97 Å². The molecule has 5 heteroatoms. The highest BCUT2D eigenvalue weighted by Gasteiger charge is 2.38. The molecule has 1 aliphatic rings. The van der Waals surface area contributed by atoms with Gasteiger partial charge in [-0.05, 0) is 31.4 Å². The molecule has 0 bridgehead atoms. The molecule has 19 heavy (non-hydrogen) atoms. The summed E-state index contributed by atoms with van der Waals surface area (Å²) in [6.07, 6.45) is 3.69. The minimum Gasteiger partial charge on any atom is -0.481 e. The van der Waals surface area contributed by atoms with Crippen molar-refractivity contribution in [3.05, 3.63) is 0 Å². The zero-order valence-electron chi connectivity index (χ0n) is 12.1. The zero-order chi connectivity index (χ0) is 14.5. The normalized spacial score (nSPS) is 22.8. The molecule has 1 heterocycles. The second-order valence-corrected chi connectivity index (χ2v) is 7.26. The number of hydrogen-bond donors (Lipinski definition) is 2. The average Bonchev–Trinajstić information content (AvgIpc) is 2.37. The van der Waals surface area contributed by atoms with Crippen LogP contribution in [0.4, 0.5) is 0 Å². The van der Waals surface area contributed by atoms with Gasteiger partial charge in [-0.3, -0.25) is 9.59 Å². The molecule has 0 aromatic rings. The van der Waals surface area contributed by atoms with Gasteiger partial charge in [-0.2, -0.15) is 11.8 Å². The molecular formula is C14H25NO3S. The van der Waals surface area contributed by atoms with Crippen molar-refractivity contribution in [2.24, 2.45) is 11.3 Å². The van der Waals surface area contributed by atoms with Crippen molar-refractivity contribution >= 4 is 23.6 Å². The van der Waals surface area contributed by atoms with Crippen molar-refractivity contribution in [2.45, 2.75) is 51.7 Å². The first-order valence-corrected chi connectivity index (χ1v) is 8.03. The molecule has 1 amide bonds. The molecule has 1 rings (SSSR count). The van der Waals surface area contributed by atoms with Crippen LogP contribution in [-0.2, 0) is 9.59 Å². The molecule has 2 N–H and O–H groups in total. The van der Waals surface area contributed by atoms with Gasteiger partial charge in [0.15, 0.2) is 0 Å². The number of carboxylic acid groups (broad SMARTS) is 1. The number of thioether (sulfide) groups is 1. The molecule has 0 aromatic heterocycles. The number of amides is 1. The van der Waals surface area contributed by atoms with E-state index < -0.39 is 11.4 Å². The van der Waals surface area contributed by atoms with E-state index in [1.54, 1.807) is 6.92 Å². The van der Waals surface area contributed by atoms with E-state index in [1.807, 2.05) is 25.6 Å². The van der Waals surface area contributed by atoms with E-state index in [4.69, 9.17) is 0 Å². The number of carbonyl (C=O) groups excluding carboxylic acids is 1. The van der Waals surface area contributed by atoms with Crippen molar-refractivity contribution in [1.29, 1.82) is 0 Å². The third kappa shape index (κ3) is 4.71. The lowest BCUT2D eigenvalue weighted by Crippen LogP contribution is -2.40. The van der Waals surface area contributed by atoms with Gasteiger partial charge in [0.1, 0.15) is 0 Å². The molecule has 2 atom stereocenters. The number of aliphatic carboxylic acids is 1. The molecule has 1 aliphatic heterocycles. The summed E-state index contributed by atoms with van der Waals surface area (Å²) in [6, 6.07) is 0. The summed E-state index contributed by atoms with van der Waals surface area (Å²) in [5.41, 5.74) is -0.982. The highest BCUT2D eigenvalue weighted by Crippen LogP contribution is 2.31. The molecule has 0 aliphatic carbocycles. The Hall–Kier alpha value is -0.710. The molecule has 110 valence electrons. The van der Waals surface area contributed by atoms with E-state index in [0.717, 1.165) is 6.42 Å². The van der Waals surface area contributed by atoms with Crippen LogP contribution in [0.25, 0.3) is 0 Å². The highest BCUT2D eigenvalue weighted by atomic mass is 32.2. The van der Waals surface area contributed by atoms with E-state index in [2.05, 4.69) is 5.32 Å². The predicted molar refractivity (Wildman–Crippen MR) is 78.3 cm³/mol. The summed E-state index contributed by atoms with van der Waals surface area (Å²) in [7, 11) is 0. The summed E-state index contributed by atoms with van der Waals surface area (Å²) in [5, 5.41) is 12.7. The fourth-order valence-corrected chi connectivity index (χ4v) is 3.36. The second kappa shape index (κ2) is 7.17. The molecule has 0 aromatic carbocycles. The van der Waals surface area contributed by atoms with Crippen molar-refractivity contribution in [3.63, 3.8) is 0 Å². The van der Waals surface area contributed by atoms with Crippen molar-refractivity contribution in [1.82, 2.24) is 5.32 Å². The summed E-state index contributed by atoms with van der Waals surface area (Å²) >= 11 is 1.90. The van der Waals surface area contributed by atoms with Crippen LogP contribution in [0.3, 0.4) is 0 Å². The maximum Gasteiger partial charge on any atom is 0.310 e. The lowest BCUT2D eigenvalue weighted by atomic mass is 9.76. The van der Waals surface area contributed by atoms with Gasteiger partial charge < -0.3 is 10.4 Å². The molecule has 1 fully saturated rings. The van der Waals surface area contributed by atoms with Crippen molar-refractivity contribution in [2.75, 3.05) is 12.3 Å². The minimum absolute atomic E-state index is 0.0530. The summed E-state index contributed by atoms with van der Waals surface area (Å²) in [6.45, 7) is 6.00. The Morgan fingerprint density at radius 2 is 2.11 bits per heavy atom. The first-order chi connectivity index (χ1) is 8.86. The third-order valence-electron chi connectivity index (χ3n) is 4.09. The monoisotopic (exact) mass is 287 g/mol. The standard InChI is InChI=1S/C14H25NO3S/c1-10(2)14(3,13(17)18)8-12(16)15-9-11-6-4-5-7-19-11/h10-11H,4-9H2,1-3H3,(H,15,16)(H,17,18). The Kier molecular flexibility index (Phi) is 6.17. The smallest absolute Gasteiger partial charge is 0.310 e. The van der Waals surface area contributed by atoms with Crippen LogP contribution < -0.4 is 5.32 Å². The maximum atomic E-state index is 11.9. The summed E-state index contributed by atoms with van der Waals surface area (Å²) < 4.78 is 0. The summed E-state index contributed by atoms with van der Waals surface area (Å²) in [5.74, 6) is 0.0496. The lowest BCUT2D eigenvalue weighted by Gasteiger charge is -2.29. The number of carboxylic acids is 1. The van der Waals surface area contributed by atoms with Gasteiger partial charge in [0.2, 0.25) is 5.91 Å². The van der Waals surface area contributed by atoms with Crippen molar-refractivity contribution in [3.8, 4) is 0 Å². The SMILES string of the molecule is CC(C)C(C)(CC(=O)NCC1CCCCS1)C(=O)O. The largest absolute Gasteiger partial charge is 0.481 e. The summed E-state index contributed by atoms with van der Waals surface area (Å²) in [4.78, 5) is 23.2. The van der Waals surface area contributed by atoms with Gasteiger partial charge in [0.05, 0.1) is 5.41 Å². The Balaban J connectivity index is 2.42. The lowest BCUT2D eigenvalue weighted by molar-refractivity contribution is -0.153. The van der Waals surface area contributed by atoms with Gasteiger partial charge in [-0.1, -0.05) is 20.3 Å². The molecule has 0 spiro atoms. The molecular weight excluding hydrogens is 262 g/mol.